The number of hydrogen-bond acceptors (Lipinski definition) is 7. The first-order valence-corrected chi connectivity index (χ1v) is 8.05. The van der Waals surface area contributed by atoms with E-state index >= 15 is 0 Å². The average Bonchev–Trinajstić information content (AvgIpc) is 2.96. The molecule has 1 unspecified atom stereocenters. The van der Waals surface area contributed by atoms with Gasteiger partial charge in [0.2, 0.25) is 11.8 Å². The van der Waals surface area contributed by atoms with Gasteiger partial charge >= 0.3 is 0 Å². The Hall–Kier alpha value is -3.72. The van der Waals surface area contributed by atoms with E-state index in [4.69, 9.17) is 0 Å². The molecule has 0 bridgehead atoms. The lowest BCUT2D eigenvalue weighted by molar-refractivity contribution is -0.129. The van der Waals surface area contributed by atoms with Gasteiger partial charge in [0.15, 0.2) is 6.23 Å². The third-order valence-corrected chi connectivity index (χ3v) is 3.71. The van der Waals surface area contributed by atoms with Gasteiger partial charge in [0.25, 0.3) is 0 Å². The Morgan fingerprint density at radius 1 is 1.07 bits per heavy atom. The molecule has 9 nitrogen and oxygen atoms in total. The minimum absolute atomic E-state index is 0.0214. The molecule has 1 aliphatic rings. The van der Waals surface area contributed by atoms with E-state index in [2.05, 4.69) is 26.4 Å². The van der Waals surface area contributed by atoms with E-state index in [-0.39, 0.29) is 11.5 Å². The summed E-state index contributed by atoms with van der Waals surface area (Å²) >= 11 is 0. The maximum absolute atomic E-state index is 11.8. The van der Waals surface area contributed by atoms with Crippen molar-refractivity contribution < 1.29 is 19.8 Å². The first-order valence-electron chi connectivity index (χ1n) is 8.05. The van der Waals surface area contributed by atoms with Crippen molar-refractivity contribution in [1.82, 2.24) is 10.9 Å². The van der Waals surface area contributed by atoms with E-state index in [0.29, 0.717) is 16.8 Å². The van der Waals surface area contributed by atoms with Gasteiger partial charge in [0.05, 0.1) is 6.21 Å². The Labute approximate surface area is 154 Å². The first-order chi connectivity index (χ1) is 13.0. The summed E-state index contributed by atoms with van der Waals surface area (Å²) in [6.45, 7) is 0. The van der Waals surface area contributed by atoms with Gasteiger partial charge in [-0.1, -0.05) is 30.3 Å². The molecule has 0 spiro atoms. The summed E-state index contributed by atoms with van der Waals surface area (Å²) in [4.78, 5) is 23.6. The number of nitrogens with zero attached hydrogens (tertiary/aromatic N) is 2. The lowest BCUT2D eigenvalue weighted by Crippen LogP contribution is -2.30. The smallest absolute Gasteiger partial charge is 0.249 e. The van der Waals surface area contributed by atoms with Crippen LogP contribution in [0.4, 0.5) is 5.69 Å². The number of nitrogens with one attached hydrogen (secondary N) is 3. The molecule has 1 heterocycles. The molecule has 2 amide bonds. The topological polar surface area (TPSA) is 135 Å². The molecular weight excluding hydrogens is 350 g/mol. The Morgan fingerprint density at radius 3 is 2.59 bits per heavy atom. The number of anilines is 1. The number of hydrogen-bond donors (Lipinski definition) is 5. The van der Waals surface area contributed by atoms with Gasteiger partial charge in [-0.2, -0.15) is 10.2 Å². The van der Waals surface area contributed by atoms with Crippen molar-refractivity contribution in [2.45, 2.75) is 12.6 Å². The molecular formula is C18H17N5O4. The quantitative estimate of drug-likeness (QED) is 0.298. The van der Waals surface area contributed by atoms with E-state index in [1.165, 1.54) is 12.3 Å². The fourth-order valence-electron chi connectivity index (χ4n) is 2.43. The summed E-state index contributed by atoms with van der Waals surface area (Å²) in [5.41, 5.74) is 6.49. The lowest BCUT2D eigenvalue weighted by Gasteiger charge is -2.05. The van der Waals surface area contributed by atoms with E-state index in [1.54, 1.807) is 42.5 Å². The van der Waals surface area contributed by atoms with Crippen LogP contribution in [0.5, 0.6) is 5.75 Å². The number of fused-ring (bicyclic) bond motifs is 1. The molecule has 27 heavy (non-hydrogen) atoms. The third-order valence-electron chi connectivity index (χ3n) is 3.71. The number of carbonyl (C=O) groups excluding carboxylic acids is 2. The zero-order chi connectivity index (χ0) is 19.2. The number of benzene rings is 2. The lowest BCUT2D eigenvalue weighted by atomic mass is 10.1. The number of rotatable bonds is 5. The standard InChI is InChI=1S/C18H17N5O4/c24-14-8-4-1-5-11(14)10-19-21-15(25)9-16(26)22-23-17-12-6-2-3-7-13(12)20-18(17)27/h1-8,10,18,20,24,27H,9H2,(H,21,25)(H,22,26)/b19-10+,23-17+. The molecule has 0 saturated heterocycles. The number of amides is 2. The van der Waals surface area contributed by atoms with E-state index in [0.717, 1.165) is 0 Å². The van der Waals surface area contributed by atoms with Crippen molar-refractivity contribution in [3.05, 3.63) is 59.7 Å². The highest BCUT2D eigenvalue weighted by molar-refractivity contribution is 6.13. The molecule has 0 aliphatic carbocycles. The van der Waals surface area contributed by atoms with Crippen LogP contribution in [0.25, 0.3) is 0 Å². The van der Waals surface area contributed by atoms with Crippen LogP contribution in [0.1, 0.15) is 17.5 Å². The zero-order valence-electron chi connectivity index (χ0n) is 14.1. The van der Waals surface area contributed by atoms with Crippen LogP contribution in [0.15, 0.2) is 58.7 Å². The first kappa shape index (κ1) is 18.1. The molecule has 0 saturated carbocycles. The van der Waals surface area contributed by atoms with E-state index in [9.17, 15) is 19.8 Å². The Balaban J connectivity index is 1.52. The number of phenolic OH excluding ortho intramolecular Hbond substituents is 1. The fourth-order valence-corrected chi connectivity index (χ4v) is 2.43. The van der Waals surface area contributed by atoms with E-state index in [1.807, 2.05) is 0 Å². The molecule has 0 fully saturated rings. The van der Waals surface area contributed by atoms with Crippen LogP contribution in [0.3, 0.4) is 0 Å². The predicted molar refractivity (Wildman–Crippen MR) is 99.2 cm³/mol. The second-order valence-corrected chi connectivity index (χ2v) is 5.65. The Morgan fingerprint density at radius 2 is 1.78 bits per heavy atom. The number of aliphatic hydroxyl groups is 1. The van der Waals surface area contributed by atoms with Crippen molar-refractivity contribution in [1.29, 1.82) is 0 Å². The molecule has 2 aromatic rings. The Bertz CT molecular complexity index is 925. The van der Waals surface area contributed by atoms with Crippen LogP contribution in [-0.4, -0.2) is 40.2 Å². The molecule has 5 N–H and O–H groups in total. The third kappa shape index (κ3) is 4.47. The maximum Gasteiger partial charge on any atom is 0.249 e. The molecule has 9 heteroatoms. The minimum atomic E-state index is -1.04. The highest BCUT2D eigenvalue weighted by atomic mass is 16.3. The van der Waals surface area contributed by atoms with Gasteiger partial charge in [0.1, 0.15) is 17.9 Å². The zero-order valence-corrected chi connectivity index (χ0v) is 14.1. The normalized spacial score (nSPS) is 16.8. The fraction of sp³-hybridized carbons (Fsp3) is 0.111. The van der Waals surface area contributed by atoms with Crippen molar-refractivity contribution in [2.24, 2.45) is 10.2 Å². The second-order valence-electron chi connectivity index (χ2n) is 5.65. The van der Waals surface area contributed by atoms with Crippen molar-refractivity contribution in [2.75, 3.05) is 5.32 Å². The monoisotopic (exact) mass is 367 g/mol. The van der Waals surface area contributed by atoms with E-state index < -0.39 is 24.5 Å². The van der Waals surface area contributed by atoms with Crippen LogP contribution < -0.4 is 16.2 Å². The van der Waals surface area contributed by atoms with Crippen LogP contribution >= 0.6 is 0 Å². The van der Waals surface area contributed by atoms with Gasteiger partial charge in [-0.15, -0.1) is 0 Å². The molecule has 1 aliphatic heterocycles. The summed E-state index contributed by atoms with van der Waals surface area (Å²) in [6, 6.07) is 13.6. The van der Waals surface area contributed by atoms with Gasteiger partial charge in [-0.05, 0) is 18.2 Å². The number of hydrazone groups is 2. The van der Waals surface area contributed by atoms with Gasteiger partial charge in [-0.3, -0.25) is 9.59 Å². The number of para-hydroxylation sites is 2. The number of aromatic hydroxyl groups is 1. The number of carbonyl (C=O) groups is 2. The van der Waals surface area contributed by atoms with Gasteiger partial charge in [0, 0.05) is 16.8 Å². The van der Waals surface area contributed by atoms with Crippen LogP contribution in [-0.2, 0) is 9.59 Å². The SMILES string of the molecule is O=C(CC(=O)N/N=C1\c2ccccc2NC1O)N/N=C/c1ccccc1O. The summed E-state index contributed by atoms with van der Waals surface area (Å²) < 4.78 is 0. The highest BCUT2D eigenvalue weighted by Gasteiger charge is 2.26. The summed E-state index contributed by atoms with van der Waals surface area (Å²) in [5, 5.41) is 29.9. The van der Waals surface area contributed by atoms with Crippen molar-refractivity contribution in [3.8, 4) is 5.75 Å². The van der Waals surface area contributed by atoms with Gasteiger partial charge in [-0.25, -0.2) is 10.9 Å². The highest BCUT2D eigenvalue weighted by Crippen LogP contribution is 2.24. The summed E-state index contributed by atoms with van der Waals surface area (Å²) in [7, 11) is 0. The molecule has 138 valence electrons. The average molecular weight is 367 g/mol. The summed E-state index contributed by atoms with van der Waals surface area (Å²) in [6.07, 6.45) is -0.275. The second kappa shape index (κ2) is 8.11. The molecule has 2 aromatic carbocycles. The number of phenols is 1. The maximum atomic E-state index is 11.8. The number of aliphatic hydroxyl groups excluding tert-OH is 1. The largest absolute Gasteiger partial charge is 0.507 e. The van der Waals surface area contributed by atoms with Crippen molar-refractivity contribution in [3.63, 3.8) is 0 Å². The minimum Gasteiger partial charge on any atom is -0.507 e. The van der Waals surface area contributed by atoms with Crippen LogP contribution in [0, 0.1) is 0 Å². The van der Waals surface area contributed by atoms with Crippen molar-refractivity contribution >= 4 is 29.4 Å². The Kier molecular flexibility index (Phi) is 5.43. The molecule has 0 aromatic heterocycles. The summed E-state index contributed by atoms with van der Waals surface area (Å²) in [5.74, 6) is -1.28. The van der Waals surface area contributed by atoms with Crippen LogP contribution in [0.2, 0.25) is 0 Å². The predicted octanol–water partition coefficient (Wildman–Crippen LogP) is 0.497. The molecule has 0 radical (unpaired) electrons. The molecule has 3 rings (SSSR count). The molecule has 1 atom stereocenters. The van der Waals surface area contributed by atoms with Gasteiger partial charge < -0.3 is 15.5 Å².